The van der Waals surface area contributed by atoms with Gasteiger partial charge in [-0.15, -0.1) is 0 Å². The highest BCUT2D eigenvalue weighted by Crippen LogP contribution is 2.25. The van der Waals surface area contributed by atoms with Crippen molar-refractivity contribution in [3.05, 3.63) is 12.2 Å². The van der Waals surface area contributed by atoms with Crippen molar-refractivity contribution in [2.75, 3.05) is 77.0 Å². The van der Waals surface area contributed by atoms with Crippen LogP contribution in [0, 0.1) is 0 Å². The van der Waals surface area contributed by atoms with Gasteiger partial charge in [0.1, 0.15) is 12.1 Å². The van der Waals surface area contributed by atoms with E-state index in [1.54, 1.807) is 0 Å². The third-order valence-electron chi connectivity index (χ3n) is 20.5. The Bertz CT molecular complexity index is 1650. The molecule has 0 spiro atoms. The van der Waals surface area contributed by atoms with Crippen molar-refractivity contribution in [1.82, 2.24) is 25.3 Å². The van der Waals surface area contributed by atoms with Crippen LogP contribution in [0.3, 0.4) is 0 Å². The van der Waals surface area contributed by atoms with Gasteiger partial charge in [-0.3, -0.25) is 19.3 Å². The Kier molecular flexibility index (Phi) is 78.1. The summed E-state index contributed by atoms with van der Waals surface area (Å²) in [7, 11) is 3.74. The Balaban J connectivity index is 5.49. The van der Waals surface area contributed by atoms with Gasteiger partial charge < -0.3 is 35.4 Å². The van der Waals surface area contributed by atoms with Crippen LogP contribution in [0.1, 0.15) is 421 Å². The fraction of sp³-hybridized carbons (Fsp3) is 0.942. The van der Waals surface area contributed by atoms with Gasteiger partial charge in [-0.2, -0.15) is 0 Å². The molecule has 0 aromatic carbocycles. The van der Waals surface area contributed by atoms with Crippen molar-refractivity contribution in [3.8, 4) is 0 Å². The van der Waals surface area contributed by atoms with Gasteiger partial charge in [0.2, 0.25) is 11.8 Å². The fourth-order valence-corrected chi connectivity index (χ4v) is 16.1. The molecule has 0 aromatic heterocycles. The Morgan fingerprint density at radius 3 is 1.17 bits per heavy atom. The van der Waals surface area contributed by atoms with Crippen molar-refractivity contribution >= 4 is 39.4 Å². The molecule has 0 saturated carbocycles. The van der Waals surface area contributed by atoms with Crippen LogP contribution in [0.4, 0.5) is 0 Å². The largest absolute Gasteiger partial charge is 0.462 e. The van der Waals surface area contributed by atoms with Gasteiger partial charge in [0.05, 0.1) is 12.2 Å². The number of nitrogens with zero attached hydrogens (tertiary/aromatic N) is 3. The van der Waals surface area contributed by atoms with Crippen molar-refractivity contribution < 1.29 is 29.3 Å². The summed E-state index contributed by atoms with van der Waals surface area (Å²) in [6, 6.07) is -0.583. The first-order chi connectivity index (χ1) is 48.6. The molecule has 0 heterocycles. The van der Waals surface area contributed by atoms with Crippen molar-refractivity contribution in [2.45, 2.75) is 445 Å². The summed E-state index contributed by atoms with van der Waals surface area (Å²) in [5, 5.41) is 28.8. The molecule has 2 amide bonds. The van der Waals surface area contributed by atoms with E-state index in [1.165, 1.54) is 276 Å². The van der Waals surface area contributed by atoms with E-state index in [-0.39, 0.29) is 23.9 Å². The molecule has 0 aliphatic rings. The SMILES string of the molecule is CCCCCCCC/C=C\CCCCCCCCN(CCCCCCCC(=O)OC(CCCCCCCC)CCCCCCCC)CCCCSSCCC(NC(=O)CCCN(CC(O)CCCCCCCCCC)CC(O)CCCCCCCCCC)C(=O)NCCCN(CC)CC. The minimum absolute atomic E-state index is 0.0299. The lowest BCUT2D eigenvalue weighted by molar-refractivity contribution is -0.150. The zero-order chi connectivity index (χ0) is 72.2. The maximum atomic E-state index is 13.8. The highest BCUT2D eigenvalue weighted by molar-refractivity contribution is 8.76. The lowest BCUT2D eigenvalue weighted by Gasteiger charge is -2.27. The van der Waals surface area contributed by atoms with Gasteiger partial charge in [0.25, 0.3) is 0 Å². The molecule has 0 bridgehead atoms. The van der Waals surface area contributed by atoms with E-state index in [2.05, 4.69) is 86.0 Å². The first kappa shape index (κ1) is 97.7. The number of rotatable bonds is 82. The van der Waals surface area contributed by atoms with Crippen LogP contribution in [-0.4, -0.2) is 144 Å². The van der Waals surface area contributed by atoms with Crippen LogP contribution in [0.2, 0.25) is 0 Å². The summed E-state index contributed by atoms with van der Waals surface area (Å²) in [5.41, 5.74) is 0. The molecule has 0 aliphatic heterocycles. The second-order valence-corrected chi connectivity index (χ2v) is 32.9. The molecular weight excluding hydrogens is 1260 g/mol. The third-order valence-corrected chi connectivity index (χ3v) is 23.0. The molecule has 588 valence electrons. The molecule has 99 heavy (non-hydrogen) atoms. The first-order valence-electron chi connectivity index (χ1n) is 43.8. The molecule has 0 rings (SSSR count). The second kappa shape index (κ2) is 79.2. The molecule has 0 aromatic rings. The topological polar surface area (TPSA) is 135 Å². The van der Waals surface area contributed by atoms with Crippen LogP contribution in [0.5, 0.6) is 0 Å². The van der Waals surface area contributed by atoms with Crippen LogP contribution in [-0.2, 0) is 19.1 Å². The highest BCUT2D eigenvalue weighted by atomic mass is 33.1. The number of nitrogens with one attached hydrogen (secondary N) is 2. The molecule has 0 radical (unpaired) electrons. The Labute approximate surface area is 624 Å². The summed E-state index contributed by atoms with van der Waals surface area (Å²) in [5.74, 6) is 1.69. The average molecular weight is 1440 g/mol. The number of amides is 2. The van der Waals surface area contributed by atoms with Gasteiger partial charge in [-0.05, 0) is 161 Å². The number of unbranched alkanes of at least 4 members (excludes halogenated alkanes) is 41. The molecule has 11 nitrogen and oxygen atoms in total. The van der Waals surface area contributed by atoms with Gasteiger partial charge >= 0.3 is 5.97 Å². The average Bonchev–Trinajstić information content (AvgIpc) is 2.37. The summed E-state index contributed by atoms with van der Waals surface area (Å²) in [6.45, 7) is 24.3. The van der Waals surface area contributed by atoms with E-state index < -0.39 is 18.2 Å². The summed E-state index contributed by atoms with van der Waals surface area (Å²) >= 11 is 0. The van der Waals surface area contributed by atoms with Crippen molar-refractivity contribution in [2.24, 2.45) is 0 Å². The third kappa shape index (κ3) is 70.7. The smallest absolute Gasteiger partial charge is 0.306 e. The van der Waals surface area contributed by atoms with Gasteiger partial charge in [0.15, 0.2) is 0 Å². The predicted octanol–water partition coefficient (Wildman–Crippen LogP) is 23.8. The number of allylic oxidation sites excluding steroid dienone is 2. The summed E-state index contributed by atoms with van der Waals surface area (Å²) < 4.78 is 6.18. The normalized spacial score (nSPS) is 12.9. The predicted molar refractivity (Wildman–Crippen MR) is 438 cm³/mol. The number of aliphatic hydroxyl groups is 2. The van der Waals surface area contributed by atoms with Gasteiger partial charge in [0, 0.05) is 44.0 Å². The molecule has 3 atom stereocenters. The number of ether oxygens (including phenoxy) is 1. The standard InChI is InChI=1S/C86H171N5O6S2/c1-8-15-20-25-30-33-34-35-36-37-38-39-40-43-50-57-71-90(72-58-51-44-49-56-68-85(95)97-82(65-54-47-28-23-18-11-4)66-55-48-29-24-19-12-5)73-59-60-76-98-99-77-69-83(86(96)87-70-62-75-89(13-6)14-7)88-84(94)67-61-74-91(78-80(92)63-52-45-41-31-26-21-16-9-2)79-81(93)64-53-46-42-32-27-22-17-10-3/h35-36,80-83,92-93H,8-34,37-79H2,1-7H3,(H,87,96)(H,88,94)/b36-35-. The second-order valence-electron chi connectivity index (χ2n) is 30.2. The quantitative estimate of drug-likeness (QED) is 0.0201. The molecule has 4 N–H and O–H groups in total. The number of hydrogen-bond donors (Lipinski definition) is 4. The monoisotopic (exact) mass is 1430 g/mol. The van der Waals surface area contributed by atoms with E-state index in [0.717, 1.165) is 121 Å². The number of carbonyl (C=O) groups excluding carboxylic acids is 3. The van der Waals surface area contributed by atoms with Crippen LogP contribution in [0.25, 0.3) is 0 Å². The van der Waals surface area contributed by atoms with Crippen molar-refractivity contribution in [3.63, 3.8) is 0 Å². The minimum atomic E-state index is -0.583. The summed E-state index contributed by atoms with van der Waals surface area (Å²) in [4.78, 5) is 48.0. The van der Waals surface area contributed by atoms with E-state index >= 15 is 0 Å². The lowest BCUT2D eigenvalue weighted by atomic mass is 10.0. The molecule has 0 fully saturated rings. The zero-order valence-electron chi connectivity index (χ0n) is 67.1. The van der Waals surface area contributed by atoms with E-state index in [0.29, 0.717) is 51.9 Å². The van der Waals surface area contributed by atoms with Gasteiger partial charge in [-0.25, -0.2) is 0 Å². The fourth-order valence-electron chi connectivity index (χ4n) is 13.9. The molecular formula is C86H171N5O6S2. The highest BCUT2D eigenvalue weighted by Gasteiger charge is 2.22. The number of hydrogen-bond acceptors (Lipinski definition) is 11. The Hall–Kier alpha value is -1.35. The van der Waals surface area contributed by atoms with Crippen LogP contribution in [0.15, 0.2) is 12.2 Å². The number of carbonyl (C=O) groups is 3. The Morgan fingerprint density at radius 2 is 0.727 bits per heavy atom. The molecule has 3 unspecified atom stereocenters. The number of aliphatic hydroxyl groups excluding tert-OH is 2. The molecule has 0 saturated heterocycles. The zero-order valence-corrected chi connectivity index (χ0v) is 68.8. The van der Waals surface area contributed by atoms with Crippen molar-refractivity contribution in [1.29, 1.82) is 0 Å². The van der Waals surface area contributed by atoms with E-state index in [9.17, 15) is 24.6 Å². The van der Waals surface area contributed by atoms with Crippen LogP contribution >= 0.6 is 21.6 Å². The lowest BCUT2D eigenvalue weighted by Crippen LogP contribution is -2.47. The summed E-state index contributed by atoms with van der Waals surface area (Å²) in [6.07, 6.45) is 72.3. The maximum absolute atomic E-state index is 13.8. The minimum Gasteiger partial charge on any atom is -0.462 e. The van der Waals surface area contributed by atoms with Gasteiger partial charge in [-0.1, -0.05) is 326 Å². The first-order valence-corrected chi connectivity index (χ1v) is 46.2. The Morgan fingerprint density at radius 1 is 0.364 bits per heavy atom. The van der Waals surface area contributed by atoms with E-state index in [4.69, 9.17) is 4.74 Å². The van der Waals surface area contributed by atoms with Crippen LogP contribution < -0.4 is 10.6 Å². The number of esters is 1. The molecule has 0 aliphatic carbocycles. The van der Waals surface area contributed by atoms with E-state index in [1.807, 2.05) is 21.6 Å². The molecule has 13 heteroatoms. The maximum Gasteiger partial charge on any atom is 0.306 e.